The first-order chi connectivity index (χ1) is 14.3. The third-order valence-corrected chi connectivity index (χ3v) is 6.64. The van der Waals surface area contributed by atoms with Crippen LogP contribution in [-0.2, 0) is 26.1 Å². The van der Waals surface area contributed by atoms with Crippen LogP contribution in [0.2, 0.25) is 0 Å². The number of benzene rings is 2. The van der Waals surface area contributed by atoms with Gasteiger partial charge in [-0.3, -0.25) is 4.79 Å². The normalized spacial score (nSPS) is 12.0. The second-order valence-electron chi connectivity index (χ2n) is 8.48. The van der Waals surface area contributed by atoms with Crippen molar-refractivity contribution in [2.24, 2.45) is 0 Å². The first-order valence-corrected chi connectivity index (χ1v) is 11.3. The standard InChI is InChI=1S/C23H30N2O5S/c1-17-12-13-19(31(28,29)24(5)6)14-20(17)22(27)30-16-21(26)25(23(2,3)4)15-18-10-8-7-9-11-18/h7-14H,15-16H2,1-6H3. The summed E-state index contributed by atoms with van der Waals surface area (Å²) in [6.45, 7) is 7.37. The Bertz CT molecular complexity index is 1040. The maximum absolute atomic E-state index is 12.9. The van der Waals surface area contributed by atoms with E-state index >= 15 is 0 Å². The van der Waals surface area contributed by atoms with Crippen molar-refractivity contribution in [1.82, 2.24) is 9.21 Å². The van der Waals surface area contributed by atoms with Crippen molar-refractivity contribution < 1.29 is 22.7 Å². The molecule has 31 heavy (non-hydrogen) atoms. The molecule has 0 aromatic heterocycles. The zero-order chi connectivity index (χ0) is 23.4. The molecule has 0 spiro atoms. The highest BCUT2D eigenvalue weighted by Gasteiger charge is 2.28. The van der Waals surface area contributed by atoms with Crippen molar-refractivity contribution in [2.75, 3.05) is 20.7 Å². The van der Waals surface area contributed by atoms with Gasteiger partial charge in [-0.2, -0.15) is 0 Å². The number of aryl methyl sites for hydroxylation is 1. The van der Waals surface area contributed by atoms with Crippen LogP contribution in [0.5, 0.6) is 0 Å². The zero-order valence-electron chi connectivity index (χ0n) is 18.9. The number of hydrogen-bond donors (Lipinski definition) is 0. The summed E-state index contributed by atoms with van der Waals surface area (Å²) in [5.74, 6) is -1.07. The van der Waals surface area contributed by atoms with Gasteiger partial charge in [-0.1, -0.05) is 36.4 Å². The van der Waals surface area contributed by atoms with Crippen LogP contribution in [0.15, 0.2) is 53.4 Å². The molecule has 8 heteroatoms. The molecule has 2 aromatic carbocycles. The Balaban J connectivity index is 2.17. The number of hydrogen-bond acceptors (Lipinski definition) is 5. The number of ether oxygens (including phenoxy) is 1. The highest BCUT2D eigenvalue weighted by molar-refractivity contribution is 7.89. The van der Waals surface area contributed by atoms with Crippen LogP contribution in [0, 0.1) is 6.92 Å². The van der Waals surface area contributed by atoms with Crippen LogP contribution in [0.3, 0.4) is 0 Å². The first-order valence-electron chi connectivity index (χ1n) is 9.88. The molecule has 1 amide bonds. The lowest BCUT2D eigenvalue weighted by molar-refractivity contribution is -0.140. The summed E-state index contributed by atoms with van der Waals surface area (Å²) in [6, 6.07) is 13.8. The molecule has 0 heterocycles. The maximum atomic E-state index is 12.9. The molecule has 0 N–H and O–H groups in total. The van der Waals surface area contributed by atoms with Crippen molar-refractivity contribution in [3.8, 4) is 0 Å². The summed E-state index contributed by atoms with van der Waals surface area (Å²) in [4.78, 5) is 27.2. The third-order valence-electron chi connectivity index (χ3n) is 4.83. The number of sulfonamides is 1. The van der Waals surface area contributed by atoms with E-state index in [1.54, 1.807) is 17.9 Å². The maximum Gasteiger partial charge on any atom is 0.338 e. The molecular weight excluding hydrogens is 416 g/mol. The molecule has 7 nitrogen and oxygen atoms in total. The number of carbonyl (C=O) groups excluding carboxylic acids is 2. The van der Waals surface area contributed by atoms with Gasteiger partial charge in [0, 0.05) is 26.2 Å². The Kier molecular flexibility index (Phi) is 7.62. The van der Waals surface area contributed by atoms with E-state index < -0.39 is 28.1 Å². The smallest absolute Gasteiger partial charge is 0.338 e. The quantitative estimate of drug-likeness (QED) is 0.610. The van der Waals surface area contributed by atoms with Gasteiger partial charge in [-0.25, -0.2) is 17.5 Å². The highest BCUT2D eigenvalue weighted by atomic mass is 32.2. The molecule has 0 bridgehead atoms. The zero-order valence-corrected chi connectivity index (χ0v) is 19.7. The number of amides is 1. The fourth-order valence-electron chi connectivity index (χ4n) is 2.94. The van der Waals surface area contributed by atoms with Crippen molar-refractivity contribution in [1.29, 1.82) is 0 Å². The van der Waals surface area contributed by atoms with Gasteiger partial charge < -0.3 is 9.64 Å². The van der Waals surface area contributed by atoms with Gasteiger partial charge in [-0.05, 0) is 51.0 Å². The summed E-state index contributed by atoms with van der Waals surface area (Å²) in [5.41, 5.74) is 1.16. The lowest BCUT2D eigenvalue weighted by Crippen LogP contribution is -2.46. The highest BCUT2D eigenvalue weighted by Crippen LogP contribution is 2.20. The summed E-state index contributed by atoms with van der Waals surface area (Å²) in [6.07, 6.45) is 0. The first kappa shape index (κ1) is 24.6. The van der Waals surface area contributed by atoms with E-state index in [0.29, 0.717) is 12.1 Å². The van der Waals surface area contributed by atoms with Crippen LogP contribution < -0.4 is 0 Å². The van der Waals surface area contributed by atoms with E-state index in [4.69, 9.17) is 4.74 Å². The molecule has 0 aliphatic rings. The van der Waals surface area contributed by atoms with Gasteiger partial charge in [0.1, 0.15) is 0 Å². The monoisotopic (exact) mass is 446 g/mol. The van der Waals surface area contributed by atoms with Crippen LogP contribution in [0.25, 0.3) is 0 Å². The predicted molar refractivity (Wildman–Crippen MR) is 119 cm³/mol. The fourth-order valence-corrected chi connectivity index (χ4v) is 3.87. The van der Waals surface area contributed by atoms with Crippen LogP contribution in [0.1, 0.15) is 42.3 Å². The minimum absolute atomic E-state index is 0.0122. The van der Waals surface area contributed by atoms with E-state index in [1.165, 1.54) is 26.2 Å². The molecular formula is C23H30N2O5S. The molecule has 0 saturated carbocycles. The van der Waals surface area contributed by atoms with E-state index in [9.17, 15) is 18.0 Å². The van der Waals surface area contributed by atoms with Crippen molar-refractivity contribution >= 4 is 21.9 Å². The van der Waals surface area contributed by atoms with Gasteiger partial charge >= 0.3 is 5.97 Å². The molecule has 0 unspecified atom stereocenters. The number of rotatable bonds is 7. The van der Waals surface area contributed by atoms with Crippen molar-refractivity contribution in [3.63, 3.8) is 0 Å². The van der Waals surface area contributed by atoms with Crippen LogP contribution in [0.4, 0.5) is 0 Å². The molecule has 0 saturated heterocycles. The van der Waals surface area contributed by atoms with Gasteiger partial charge in [0.15, 0.2) is 6.61 Å². The molecule has 0 radical (unpaired) electrons. The van der Waals surface area contributed by atoms with Crippen molar-refractivity contribution in [2.45, 2.75) is 44.7 Å². The van der Waals surface area contributed by atoms with Crippen molar-refractivity contribution in [3.05, 3.63) is 65.2 Å². The SMILES string of the molecule is Cc1ccc(S(=O)(=O)N(C)C)cc1C(=O)OCC(=O)N(Cc1ccccc1)C(C)(C)C. The fraction of sp³-hybridized carbons (Fsp3) is 0.391. The lowest BCUT2D eigenvalue weighted by Gasteiger charge is -2.35. The third kappa shape index (κ3) is 6.15. The number of carbonyl (C=O) groups is 2. The van der Waals surface area contributed by atoms with E-state index in [2.05, 4.69) is 0 Å². The topological polar surface area (TPSA) is 84.0 Å². The number of nitrogens with zero attached hydrogens (tertiary/aromatic N) is 2. The second-order valence-corrected chi connectivity index (χ2v) is 10.6. The van der Waals surface area contributed by atoms with Gasteiger partial charge in [0.05, 0.1) is 10.5 Å². The summed E-state index contributed by atoms with van der Waals surface area (Å²) < 4.78 is 31.1. The minimum atomic E-state index is -3.70. The second kappa shape index (κ2) is 9.62. The molecule has 2 aromatic rings. The molecule has 168 valence electrons. The largest absolute Gasteiger partial charge is 0.452 e. The summed E-state index contributed by atoms with van der Waals surface area (Å²) >= 11 is 0. The average molecular weight is 447 g/mol. The Morgan fingerprint density at radius 2 is 1.61 bits per heavy atom. The predicted octanol–water partition coefficient (Wildman–Crippen LogP) is 3.23. The van der Waals surface area contributed by atoms with Gasteiger partial charge in [-0.15, -0.1) is 0 Å². The van der Waals surface area contributed by atoms with E-state index in [-0.39, 0.29) is 16.4 Å². The molecule has 0 aliphatic heterocycles. The minimum Gasteiger partial charge on any atom is -0.452 e. The van der Waals surface area contributed by atoms with E-state index in [0.717, 1.165) is 9.87 Å². The lowest BCUT2D eigenvalue weighted by atomic mass is 10.0. The van der Waals surface area contributed by atoms with E-state index in [1.807, 2.05) is 51.1 Å². The average Bonchev–Trinajstić information content (AvgIpc) is 2.70. The van der Waals surface area contributed by atoms with Gasteiger partial charge in [0.2, 0.25) is 10.0 Å². The Labute approximate surface area is 184 Å². The van der Waals surface area contributed by atoms with Crippen LogP contribution >= 0.6 is 0 Å². The summed E-state index contributed by atoms with van der Waals surface area (Å²) in [5, 5.41) is 0. The Morgan fingerprint density at radius 3 is 2.16 bits per heavy atom. The Morgan fingerprint density at radius 1 is 1.00 bits per heavy atom. The number of esters is 1. The molecule has 2 rings (SSSR count). The van der Waals surface area contributed by atoms with Crippen LogP contribution in [-0.4, -0.2) is 55.7 Å². The molecule has 0 fully saturated rings. The summed E-state index contributed by atoms with van der Waals surface area (Å²) in [7, 11) is -0.865. The Hall–Kier alpha value is -2.71. The molecule has 0 atom stereocenters. The molecule has 0 aliphatic carbocycles. The van der Waals surface area contributed by atoms with Gasteiger partial charge in [0.25, 0.3) is 5.91 Å².